The Kier molecular flexibility index (Phi) is 6.28. The minimum atomic E-state index is -3.28. The molecule has 1 saturated heterocycles. The smallest absolute Gasteiger partial charge is 0.245 e. The Balaban J connectivity index is 0.00000208. The summed E-state index contributed by atoms with van der Waals surface area (Å²) in [5.74, 6) is 1.09. The van der Waals surface area contributed by atoms with Crippen LogP contribution in [0.25, 0.3) is 0 Å². The molecule has 1 aliphatic heterocycles. The number of rotatable bonds is 5. The molecule has 24 heavy (non-hydrogen) atoms. The van der Waals surface area contributed by atoms with E-state index in [9.17, 15) is 8.42 Å². The van der Waals surface area contributed by atoms with Crippen molar-refractivity contribution in [2.75, 3.05) is 12.3 Å². The number of nitrogens with two attached hydrogens (primary N) is 1. The largest absolute Gasteiger partial charge is 0.337 e. The van der Waals surface area contributed by atoms with Gasteiger partial charge in [-0.2, -0.15) is 9.29 Å². The Morgan fingerprint density at radius 2 is 2.00 bits per heavy atom. The number of piperidine rings is 1. The predicted octanol–water partition coefficient (Wildman–Crippen LogP) is 2.49. The van der Waals surface area contributed by atoms with Crippen LogP contribution < -0.4 is 5.73 Å². The second kappa shape index (κ2) is 7.68. The fraction of sp³-hybridized carbons (Fsp3) is 0.867. The van der Waals surface area contributed by atoms with Crippen LogP contribution in [-0.2, 0) is 15.6 Å². The molecule has 1 saturated carbocycles. The highest BCUT2D eigenvalue weighted by molar-refractivity contribution is 7.89. The van der Waals surface area contributed by atoms with Crippen molar-refractivity contribution in [3.8, 4) is 0 Å². The molecule has 1 aromatic rings. The van der Waals surface area contributed by atoms with Crippen LogP contribution in [0.15, 0.2) is 4.52 Å². The maximum Gasteiger partial charge on any atom is 0.245 e. The summed E-state index contributed by atoms with van der Waals surface area (Å²) < 4.78 is 32.0. The Labute approximate surface area is 149 Å². The van der Waals surface area contributed by atoms with Crippen LogP contribution in [0.2, 0.25) is 0 Å². The normalized spacial score (nSPS) is 24.7. The lowest BCUT2D eigenvalue weighted by Crippen LogP contribution is -2.40. The van der Waals surface area contributed by atoms with Gasteiger partial charge in [0.2, 0.25) is 15.9 Å². The van der Waals surface area contributed by atoms with Crippen molar-refractivity contribution in [2.45, 2.75) is 69.9 Å². The third kappa shape index (κ3) is 3.76. The van der Waals surface area contributed by atoms with Crippen LogP contribution in [-0.4, -0.2) is 35.2 Å². The van der Waals surface area contributed by atoms with E-state index in [-0.39, 0.29) is 24.2 Å². The van der Waals surface area contributed by atoms with E-state index in [4.69, 9.17) is 10.3 Å². The number of hydrogen-bond acceptors (Lipinski definition) is 6. The van der Waals surface area contributed by atoms with Crippen molar-refractivity contribution in [3.63, 3.8) is 0 Å². The van der Waals surface area contributed by atoms with E-state index >= 15 is 0 Å². The molecule has 1 atom stereocenters. The van der Waals surface area contributed by atoms with Gasteiger partial charge in [-0.05, 0) is 32.1 Å². The van der Waals surface area contributed by atoms with Crippen LogP contribution in [0.1, 0.15) is 76.0 Å². The van der Waals surface area contributed by atoms with Gasteiger partial charge in [-0.15, -0.1) is 12.4 Å². The molecule has 9 heteroatoms. The fourth-order valence-corrected chi connectivity index (χ4v) is 5.40. The first-order valence-corrected chi connectivity index (χ1v) is 10.2. The van der Waals surface area contributed by atoms with Crippen molar-refractivity contribution in [2.24, 2.45) is 5.73 Å². The van der Waals surface area contributed by atoms with Gasteiger partial charge in [-0.25, -0.2) is 8.42 Å². The average molecular weight is 379 g/mol. The van der Waals surface area contributed by atoms with Gasteiger partial charge in [0, 0.05) is 6.54 Å². The summed E-state index contributed by atoms with van der Waals surface area (Å²) in [6.45, 7) is 2.40. The zero-order chi connectivity index (χ0) is 16.5. The van der Waals surface area contributed by atoms with Gasteiger partial charge in [0.1, 0.15) is 6.04 Å². The zero-order valence-electron chi connectivity index (χ0n) is 14.1. The molecular weight excluding hydrogens is 352 g/mol. The zero-order valence-corrected chi connectivity index (χ0v) is 15.7. The van der Waals surface area contributed by atoms with Gasteiger partial charge in [0.05, 0.1) is 11.3 Å². The predicted molar refractivity (Wildman–Crippen MR) is 93.3 cm³/mol. The average Bonchev–Trinajstić information content (AvgIpc) is 3.17. The van der Waals surface area contributed by atoms with Crippen LogP contribution >= 0.6 is 12.4 Å². The second-order valence-electron chi connectivity index (χ2n) is 6.76. The van der Waals surface area contributed by atoms with Gasteiger partial charge in [0.25, 0.3) is 0 Å². The van der Waals surface area contributed by atoms with Crippen molar-refractivity contribution in [3.05, 3.63) is 11.7 Å². The van der Waals surface area contributed by atoms with Crippen molar-refractivity contribution in [1.29, 1.82) is 0 Å². The summed E-state index contributed by atoms with van der Waals surface area (Å²) in [5.41, 5.74) is 5.86. The lowest BCUT2D eigenvalue weighted by molar-refractivity contribution is 0.204. The molecule has 2 N–H and O–H groups in total. The number of sulfonamides is 1. The third-order valence-corrected chi connectivity index (χ3v) is 7.02. The molecule has 2 aliphatic rings. The van der Waals surface area contributed by atoms with Gasteiger partial charge in [0.15, 0.2) is 5.82 Å². The molecule has 1 aromatic heterocycles. The van der Waals surface area contributed by atoms with Crippen molar-refractivity contribution < 1.29 is 12.9 Å². The van der Waals surface area contributed by atoms with Crippen molar-refractivity contribution in [1.82, 2.24) is 14.4 Å². The van der Waals surface area contributed by atoms with E-state index in [1.165, 1.54) is 0 Å². The summed E-state index contributed by atoms with van der Waals surface area (Å²) >= 11 is 0. The molecule has 1 aliphatic carbocycles. The van der Waals surface area contributed by atoms with E-state index in [0.717, 1.165) is 44.9 Å². The molecule has 2 heterocycles. The first-order chi connectivity index (χ1) is 11.0. The molecule has 0 radical (unpaired) electrons. The highest BCUT2D eigenvalue weighted by atomic mass is 35.5. The summed E-state index contributed by atoms with van der Waals surface area (Å²) in [6, 6.07) is -0.341. The molecular formula is C15H27ClN4O3S. The van der Waals surface area contributed by atoms with Crippen LogP contribution in [0.5, 0.6) is 0 Å². The second-order valence-corrected chi connectivity index (χ2v) is 8.80. The summed E-state index contributed by atoms with van der Waals surface area (Å²) in [6.07, 6.45) is 7.02. The number of halogens is 1. The summed E-state index contributed by atoms with van der Waals surface area (Å²) in [4.78, 5) is 4.50. The quantitative estimate of drug-likeness (QED) is 0.844. The Bertz CT molecular complexity index is 643. The van der Waals surface area contributed by atoms with Crippen LogP contribution in [0.4, 0.5) is 0 Å². The van der Waals surface area contributed by atoms with E-state index in [0.29, 0.717) is 24.7 Å². The number of hydrogen-bond donors (Lipinski definition) is 1. The molecule has 0 bridgehead atoms. The lowest BCUT2D eigenvalue weighted by Gasteiger charge is -2.32. The molecule has 3 rings (SSSR count). The third-order valence-electron chi connectivity index (χ3n) is 4.94. The number of nitrogens with zero attached hydrogens (tertiary/aromatic N) is 3. The first-order valence-electron chi connectivity index (χ1n) is 8.59. The Morgan fingerprint density at radius 1 is 1.29 bits per heavy atom. The summed E-state index contributed by atoms with van der Waals surface area (Å²) in [7, 11) is -3.28. The molecule has 1 unspecified atom stereocenters. The molecule has 2 fully saturated rings. The minimum absolute atomic E-state index is 0. The van der Waals surface area contributed by atoms with Crippen LogP contribution in [0.3, 0.4) is 0 Å². The van der Waals surface area contributed by atoms with E-state index in [1.54, 1.807) is 4.31 Å². The van der Waals surface area contributed by atoms with Crippen LogP contribution in [0, 0.1) is 0 Å². The standard InChI is InChI=1S/C15H26N4O3S.ClH/c1-2-11-23(20,21)19-10-6-3-7-12(19)13-17-14(18-22-13)15(16)8-4-5-9-15;/h12H,2-11,16H2,1H3;1H. The van der Waals surface area contributed by atoms with Gasteiger partial charge in [-0.3, -0.25) is 0 Å². The van der Waals surface area contributed by atoms with E-state index < -0.39 is 15.6 Å². The van der Waals surface area contributed by atoms with Gasteiger partial charge in [-0.1, -0.05) is 31.3 Å². The Morgan fingerprint density at radius 3 is 2.67 bits per heavy atom. The molecule has 7 nitrogen and oxygen atoms in total. The number of aromatic nitrogens is 2. The Hall–Kier alpha value is -0.700. The monoisotopic (exact) mass is 378 g/mol. The first kappa shape index (κ1) is 19.6. The molecule has 0 amide bonds. The molecule has 0 spiro atoms. The SMILES string of the molecule is CCCS(=O)(=O)N1CCCCC1c1nc(C2(N)CCCC2)no1.Cl. The summed E-state index contributed by atoms with van der Waals surface area (Å²) in [5, 5.41) is 4.08. The fourth-order valence-electron chi connectivity index (χ4n) is 3.66. The van der Waals surface area contributed by atoms with Crippen molar-refractivity contribution >= 4 is 22.4 Å². The molecule has 138 valence electrons. The van der Waals surface area contributed by atoms with Gasteiger partial charge >= 0.3 is 0 Å². The maximum absolute atomic E-state index is 12.5. The maximum atomic E-state index is 12.5. The minimum Gasteiger partial charge on any atom is -0.337 e. The molecule has 0 aromatic carbocycles. The highest BCUT2D eigenvalue weighted by Gasteiger charge is 2.40. The lowest BCUT2D eigenvalue weighted by atomic mass is 9.98. The topological polar surface area (TPSA) is 102 Å². The van der Waals surface area contributed by atoms with Gasteiger partial charge < -0.3 is 10.3 Å². The van der Waals surface area contributed by atoms with E-state index in [1.807, 2.05) is 6.92 Å². The highest BCUT2D eigenvalue weighted by Crippen LogP contribution is 2.37. The van der Waals surface area contributed by atoms with E-state index in [2.05, 4.69) is 10.1 Å².